The summed E-state index contributed by atoms with van der Waals surface area (Å²) in [4.78, 5) is 2.34. The molecule has 0 spiro atoms. The van der Waals surface area contributed by atoms with Crippen molar-refractivity contribution in [2.24, 2.45) is 5.73 Å². The number of nitrogens with zero attached hydrogens (tertiary/aromatic N) is 1. The SMILES string of the molecule is CN(CCCC(C)(C)N)Cc1ccc(Br)cc1. The highest BCUT2D eigenvalue weighted by atomic mass is 79.9. The standard InChI is InChI=1S/C14H23BrN2/c1-14(2,16)9-4-10-17(3)11-12-5-7-13(15)8-6-12/h5-8H,4,9-11,16H2,1-3H3. The van der Waals surface area contributed by atoms with E-state index in [0.29, 0.717) is 0 Å². The Bertz CT molecular complexity index is 327. The predicted molar refractivity (Wildman–Crippen MR) is 78.0 cm³/mol. The van der Waals surface area contributed by atoms with Crippen molar-refractivity contribution < 1.29 is 0 Å². The summed E-state index contributed by atoms with van der Waals surface area (Å²) < 4.78 is 1.13. The summed E-state index contributed by atoms with van der Waals surface area (Å²) in [6.45, 7) is 6.26. The van der Waals surface area contributed by atoms with Crippen LogP contribution < -0.4 is 5.73 Å². The molecule has 2 nitrogen and oxygen atoms in total. The molecule has 0 heterocycles. The lowest BCUT2D eigenvalue weighted by Crippen LogP contribution is -2.33. The number of hydrogen-bond acceptors (Lipinski definition) is 2. The molecule has 0 radical (unpaired) electrons. The van der Waals surface area contributed by atoms with Crippen LogP contribution in [-0.4, -0.2) is 24.0 Å². The van der Waals surface area contributed by atoms with E-state index in [1.54, 1.807) is 0 Å². The first-order chi connectivity index (χ1) is 7.87. The molecule has 0 aliphatic rings. The van der Waals surface area contributed by atoms with Gasteiger partial charge < -0.3 is 10.6 Å². The number of rotatable bonds is 6. The molecule has 0 aromatic heterocycles. The summed E-state index contributed by atoms with van der Waals surface area (Å²) in [5.41, 5.74) is 7.27. The van der Waals surface area contributed by atoms with Gasteiger partial charge in [-0.1, -0.05) is 28.1 Å². The van der Waals surface area contributed by atoms with Crippen LogP contribution in [0.25, 0.3) is 0 Å². The van der Waals surface area contributed by atoms with Crippen LogP contribution in [0, 0.1) is 0 Å². The van der Waals surface area contributed by atoms with Crippen LogP contribution in [0.2, 0.25) is 0 Å². The maximum Gasteiger partial charge on any atom is 0.0230 e. The smallest absolute Gasteiger partial charge is 0.0230 e. The van der Waals surface area contributed by atoms with Gasteiger partial charge >= 0.3 is 0 Å². The maximum absolute atomic E-state index is 5.97. The van der Waals surface area contributed by atoms with E-state index < -0.39 is 0 Å². The summed E-state index contributed by atoms with van der Waals surface area (Å²) in [5, 5.41) is 0. The molecule has 1 aromatic carbocycles. The fourth-order valence-corrected chi connectivity index (χ4v) is 2.05. The second-order valence-corrected chi connectivity index (χ2v) is 6.37. The zero-order chi connectivity index (χ0) is 12.9. The molecule has 0 fully saturated rings. The fraction of sp³-hybridized carbons (Fsp3) is 0.571. The van der Waals surface area contributed by atoms with Gasteiger partial charge in [0.25, 0.3) is 0 Å². The second kappa shape index (κ2) is 6.53. The van der Waals surface area contributed by atoms with Crippen LogP contribution in [0.5, 0.6) is 0 Å². The molecular weight excluding hydrogens is 276 g/mol. The normalized spacial score (nSPS) is 12.1. The topological polar surface area (TPSA) is 29.3 Å². The third-order valence-corrected chi connectivity index (χ3v) is 3.26. The highest BCUT2D eigenvalue weighted by Crippen LogP contribution is 2.13. The van der Waals surface area contributed by atoms with Gasteiger partial charge in [0, 0.05) is 16.6 Å². The number of nitrogens with two attached hydrogens (primary N) is 1. The van der Waals surface area contributed by atoms with E-state index in [4.69, 9.17) is 5.73 Å². The quantitative estimate of drug-likeness (QED) is 0.872. The molecule has 0 aliphatic heterocycles. The van der Waals surface area contributed by atoms with E-state index in [0.717, 1.165) is 30.4 Å². The first-order valence-corrected chi connectivity index (χ1v) is 6.88. The first-order valence-electron chi connectivity index (χ1n) is 6.09. The van der Waals surface area contributed by atoms with Crippen molar-refractivity contribution in [3.63, 3.8) is 0 Å². The summed E-state index contributed by atoms with van der Waals surface area (Å²) in [5.74, 6) is 0. The number of benzene rings is 1. The van der Waals surface area contributed by atoms with Gasteiger partial charge in [-0.05, 0) is 58.0 Å². The minimum Gasteiger partial charge on any atom is -0.326 e. The van der Waals surface area contributed by atoms with E-state index in [1.165, 1.54) is 5.56 Å². The third-order valence-electron chi connectivity index (χ3n) is 2.73. The lowest BCUT2D eigenvalue weighted by molar-refractivity contribution is 0.303. The van der Waals surface area contributed by atoms with Crippen molar-refractivity contribution in [1.82, 2.24) is 4.90 Å². The molecule has 0 saturated carbocycles. The molecule has 0 saturated heterocycles. The zero-order valence-corrected chi connectivity index (χ0v) is 12.6. The van der Waals surface area contributed by atoms with Crippen LogP contribution in [0.3, 0.4) is 0 Å². The Balaban J connectivity index is 2.30. The molecule has 1 aromatic rings. The average molecular weight is 299 g/mol. The number of halogens is 1. The van der Waals surface area contributed by atoms with Gasteiger partial charge in [-0.25, -0.2) is 0 Å². The molecule has 17 heavy (non-hydrogen) atoms. The molecule has 0 atom stereocenters. The largest absolute Gasteiger partial charge is 0.326 e. The van der Waals surface area contributed by atoms with Gasteiger partial charge in [0.15, 0.2) is 0 Å². The Hall–Kier alpha value is -0.380. The van der Waals surface area contributed by atoms with Gasteiger partial charge in [0.1, 0.15) is 0 Å². The summed E-state index contributed by atoms with van der Waals surface area (Å²) in [6.07, 6.45) is 2.22. The molecule has 0 bridgehead atoms. The van der Waals surface area contributed by atoms with Gasteiger partial charge in [-0.2, -0.15) is 0 Å². The minimum atomic E-state index is -0.0432. The molecule has 0 aliphatic carbocycles. The Morgan fingerprint density at radius 3 is 2.35 bits per heavy atom. The highest BCUT2D eigenvalue weighted by Gasteiger charge is 2.10. The van der Waals surface area contributed by atoms with Crippen molar-refractivity contribution in [2.45, 2.75) is 38.8 Å². The van der Waals surface area contributed by atoms with Crippen LogP contribution in [-0.2, 0) is 6.54 Å². The van der Waals surface area contributed by atoms with Crippen LogP contribution in [0.15, 0.2) is 28.7 Å². The summed E-state index contributed by atoms with van der Waals surface area (Å²) in [7, 11) is 2.16. The van der Waals surface area contributed by atoms with Crippen molar-refractivity contribution in [3.05, 3.63) is 34.3 Å². The van der Waals surface area contributed by atoms with E-state index in [1.807, 2.05) is 0 Å². The molecule has 0 amide bonds. The Morgan fingerprint density at radius 1 is 1.24 bits per heavy atom. The van der Waals surface area contributed by atoms with Crippen molar-refractivity contribution in [1.29, 1.82) is 0 Å². The maximum atomic E-state index is 5.97. The van der Waals surface area contributed by atoms with Crippen molar-refractivity contribution >= 4 is 15.9 Å². The lowest BCUT2D eigenvalue weighted by Gasteiger charge is -2.21. The lowest BCUT2D eigenvalue weighted by atomic mass is 10.00. The predicted octanol–water partition coefficient (Wildman–Crippen LogP) is 3.40. The number of hydrogen-bond donors (Lipinski definition) is 1. The first kappa shape index (κ1) is 14.7. The van der Waals surface area contributed by atoms with Crippen molar-refractivity contribution in [3.8, 4) is 0 Å². The zero-order valence-electron chi connectivity index (χ0n) is 11.0. The minimum absolute atomic E-state index is 0.0432. The van der Waals surface area contributed by atoms with Gasteiger partial charge in [-0.15, -0.1) is 0 Å². The summed E-state index contributed by atoms with van der Waals surface area (Å²) >= 11 is 3.45. The molecule has 96 valence electrons. The molecular formula is C14H23BrN2. The monoisotopic (exact) mass is 298 g/mol. The molecule has 2 N–H and O–H groups in total. The third kappa shape index (κ3) is 6.81. The molecule has 0 unspecified atom stereocenters. The van der Waals surface area contributed by atoms with Crippen LogP contribution in [0.1, 0.15) is 32.3 Å². The Morgan fingerprint density at radius 2 is 1.82 bits per heavy atom. The van der Waals surface area contributed by atoms with Crippen LogP contribution in [0.4, 0.5) is 0 Å². The van der Waals surface area contributed by atoms with Crippen molar-refractivity contribution in [2.75, 3.05) is 13.6 Å². The average Bonchev–Trinajstić information content (AvgIpc) is 2.19. The second-order valence-electron chi connectivity index (χ2n) is 5.46. The van der Waals surface area contributed by atoms with E-state index >= 15 is 0 Å². The molecule has 3 heteroatoms. The van der Waals surface area contributed by atoms with E-state index in [9.17, 15) is 0 Å². The Labute approximate surface area is 113 Å². The van der Waals surface area contributed by atoms with Crippen LogP contribution >= 0.6 is 15.9 Å². The van der Waals surface area contributed by atoms with E-state index in [2.05, 4.69) is 66.0 Å². The van der Waals surface area contributed by atoms with Gasteiger partial charge in [0.2, 0.25) is 0 Å². The molecule has 1 rings (SSSR count). The van der Waals surface area contributed by atoms with E-state index in [-0.39, 0.29) is 5.54 Å². The summed E-state index contributed by atoms with van der Waals surface area (Å²) in [6, 6.07) is 8.50. The fourth-order valence-electron chi connectivity index (χ4n) is 1.79. The van der Waals surface area contributed by atoms with Gasteiger partial charge in [-0.3, -0.25) is 0 Å². The highest BCUT2D eigenvalue weighted by molar-refractivity contribution is 9.10. The van der Waals surface area contributed by atoms with Gasteiger partial charge in [0.05, 0.1) is 0 Å². The Kier molecular flexibility index (Phi) is 5.63.